The first-order chi connectivity index (χ1) is 18.6. The topological polar surface area (TPSA) is 134 Å². The number of hydrazone groups is 1. The van der Waals surface area contributed by atoms with Crippen LogP contribution in [-0.4, -0.2) is 58.3 Å². The number of anilines is 2. The van der Waals surface area contributed by atoms with Crippen molar-refractivity contribution in [1.29, 1.82) is 0 Å². The Kier molecular flexibility index (Phi) is 8.57. The predicted octanol–water partition coefficient (Wildman–Crippen LogP) is 3.39. The molecule has 1 saturated heterocycles. The lowest BCUT2D eigenvalue weighted by molar-refractivity contribution is -0.384. The van der Waals surface area contributed by atoms with E-state index in [1.807, 2.05) is 24.8 Å². The normalized spacial score (nSPS) is 13.8. The number of rotatable bonds is 9. The van der Waals surface area contributed by atoms with E-state index in [1.165, 1.54) is 30.5 Å². The number of carbonyl (C=O) groups is 1. The number of hydrogen-bond acceptors (Lipinski definition) is 8. The fraction of sp³-hybridized carbons (Fsp3) is 0.259. The third-order valence-corrected chi connectivity index (χ3v) is 7.87. The molecule has 4 rings (SSSR count). The van der Waals surface area contributed by atoms with Gasteiger partial charge in [0.15, 0.2) is 0 Å². The molecular weight excluding hydrogens is 522 g/mol. The number of aryl methyl sites for hydroxylation is 2. The number of nitrogens with zero attached hydrogens (tertiary/aromatic N) is 4. The zero-order valence-corrected chi connectivity index (χ0v) is 22.4. The SMILES string of the molecule is Cc1cc(C)cc(N(CC(=O)N/N=C\c2cc([N+](=O)[O-])ccc2N2CCOCC2)S(=O)(=O)c2ccccc2)c1. The molecule has 0 unspecified atom stereocenters. The summed E-state index contributed by atoms with van der Waals surface area (Å²) in [5.41, 5.74) is 5.45. The van der Waals surface area contributed by atoms with Crippen LogP contribution < -0.4 is 14.6 Å². The van der Waals surface area contributed by atoms with Gasteiger partial charge in [0.2, 0.25) is 0 Å². The molecule has 0 aliphatic carbocycles. The third-order valence-electron chi connectivity index (χ3n) is 6.08. The molecule has 0 saturated carbocycles. The zero-order valence-electron chi connectivity index (χ0n) is 21.6. The van der Waals surface area contributed by atoms with Crippen LogP contribution in [0.5, 0.6) is 0 Å². The van der Waals surface area contributed by atoms with E-state index in [2.05, 4.69) is 10.5 Å². The summed E-state index contributed by atoms with van der Waals surface area (Å²) in [5, 5.41) is 15.3. The number of nitro benzene ring substituents is 1. The highest BCUT2D eigenvalue weighted by Crippen LogP contribution is 2.27. The minimum absolute atomic E-state index is 0.0483. The molecule has 1 N–H and O–H groups in total. The minimum Gasteiger partial charge on any atom is -0.378 e. The molecule has 1 fully saturated rings. The number of non-ortho nitro benzene ring substituents is 1. The number of amides is 1. The summed E-state index contributed by atoms with van der Waals surface area (Å²) in [5.74, 6) is -0.678. The lowest BCUT2D eigenvalue weighted by Crippen LogP contribution is -2.39. The number of benzene rings is 3. The first-order valence-corrected chi connectivity index (χ1v) is 13.7. The minimum atomic E-state index is -4.07. The number of hydrogen-bond donors (Lipinski definition) is 1. The summed E-state index contributed by atoms with van der Waals surface area (Å²) in [6, 6.07) is 17.6. The Balaban J connectivity index is 1.59. The monoisotopic (exact) mass is 551 g/mol. The Labute approximate surface area is 226 Å². The van der Waals surface area contributed by atoms with E-state index in [-0.39, 0.29) is 10.6 Å². The van der Waals surface area contributed by atoms with E-state index >= 15 is 0 Å². The zero-order chi connectivity index (χ0) is 28.0. The van der Waals surface area contributed by atoms with Crippen molar-refractivity contribution in [3.05, 3.63) is 93.5 Å². The Bertz CT molecular complexity index is 1470. The molecule has 1 aliphatic rings. The lowest BCUT2D eigenvalue weighted by Gasteiger charge is -2.29. The van der Waals surface area contributed by atoms with Gasteiger partial charge in [-0.15, -0.1) is 0 Å². The third kappa shape index (κ3) is 6.78. The predicted molar refractivity (Wildman–Crippen MR) is 149 cm³/mol. The van der Waals surface area contributed by atoms with E-state index in [1.54, 1.807) is 36.4 Å². The molecule has 1 heterocycles. The summed E-state index contributed by atoms with van der Waals surface area (Å²) < 4.78 is 33.5. The van der Waals surface area contributed by atoms with Gasteiger partial charge < -0.3 is 9.64 Å². The Hall–Kier alpha value is -4.29. The Morgan fingerprint density at radius 1 is 1.08 bits per heavy atom. The summed E-state index contributed by atoms with van der Waals surface area (Å²) in [6.07, 6.45) is 1.32. The molecular formula is C27H29N5O6S. The largest absolute Gasteiger partial charge is 0.378 e. The molecule has 1 aliphatic heterocycles. The van der Waals surface area contributed by atoms with Crippen LogP contribution in [0.4, 0.5) is 17.1 Å². The van der Waals surface area contributed by atoms with E-state index < -0.39 is 27.4 Å². The van der Waals surface area contributed by atoms with Crippen LogP contribution in [0.25, 0.3) is 0 Å². The fourth-order valence-corrected chi connectivity index (χ4v) is 5.75. The van der Waals surface area contributed by atoms with E-state index in [0.29, 0.717) is 43.2 Å². The van der Waals surface area contributed by atoms with Crippen molar-refractivity contribution < 1.29 is 22.9 Å². The van der Waals surface area contributed by atoms with Gasteiger partial charge in [-0.05, 0) is 55.3 Å². The van der Waals surface area contributed by atoms with Gasteiger partial charge in [-0.1, -0.05) is 24.3 Å². The van der Waals surface area contributed by atoms with E-state index in [9.17, 15) is 23.3 Å². The molecule has 3 aromatic carbocycles. The second-order valence-corrected chi connectivity index (χ2v) is 10.9. The molecule has 39 heavy (non-hydrogen) atoms. The molecule has 11 nitrogen and oxygen atoms in total. The second-order valence-electron chi connectivity index (χ2n) is 9.06. The first-order valence-electron chi connectivity index (χ1n) is 12.2. The van der Waals surface area contributed by atoms with Gasteiger partial charge in [-0.25, -0.2) is 13.8 Å². The number of morpholine rings is 1. The average molecular weight is 552 g/mol. The molecule has 0 spiro atoms. The Morgan fingerprint density at radius 3 is 2.38 bits per heavy atom. The van der Waals surface area contributed by atoms with Crippen LogP contribution >= 0.6 is 0 Å². The van der Waals surface area contributed by atoms with Crippen molar-refractivity contribution in [2.75, 3.05) is 42.1 Å². The lowest BCUT2D eigenvalue weighted by atomic mass is 10.1. The van der Waals surface area contributed by atoms with Crippen molar-refractivity contribution >= 4 is 39.2 Å². The van der Waals surface area contributed by atoms with Crippen LogP contribution in [-0.2, 0) is 19.6 Å². The van der Waals surface area contributed by atoms with Gasteiger partial charge in [0.1, 0.15) is 6.54 Å². The second kappa shape index (κ2) is 12.0. The first kappa shape index (κ1) is 27.7. The highest BCUT2D eigenvalue weighted by molar-refractivity contribution is 7.92. The van der Waals surface area contributed by atoms with Gasteiger partial charge in [-0.2, -0.15) is 5.10 Å². The van der Waals surface area contributed by atoms with E-state index in [0.717, 1.165) is 15.4 Å². The highest BCUT2D eigenvalue weighted by atomic mass is 32.2. The molecule has 12 heteroatoms. The summed E-state index contributed by atoms with van der Waals surface area (Å²) >= 11 is 0. The van der Waals surface area contributed by atoms with Gasteiger partial charge in [0, 0.05) is 36.5 Å². The van der Waals surface area contributed by atoms with Crippen molar-refractivity contribution in [1.82, 2.24) is 5.43 Å². The number of sulfonamides is 1. The van der Waals surface area contributed by atoms with E-state index in [4.69, 9.17) is 4.74 Å². The fourth-order valence-electron chi connectivity index (χ4n) is 4.32. The molecule has 0 atom stereocenters. The maximum Gasteiger partial charge on any atom is 0.270 e. The van der Waals surface area contributed by atoms with Crippen LogP contribution in [0, 0.1) is 24.0 Å². The molecule has 1 amide bonds. The van der Waals surface area contributed by atoms with Crippen molar-refractivity contribution in [2.24, 2.45) is 5.10 Å². The van der Waals surface area contributed by atoms with Gasteiger partial charge >= 0.3 is 0 Å². The number of nitrogens with one attached hydrogen (secondary N) is 1. The van der Waals surface area contributed by atoms with Crippen LogP contribution in [0.3, 0.4) is 0 Å². The maximum atomic E-state index is 13.5. The summed E-state index contributed by atoms with van der Waals surface area (Å²) in [7, 11) is -4.07. The molecule has 0 bridgehead atoms. The van der Waals surface area contributed by atoms with Crippen molar-refractivity contribution in [3.63, 3.8) is 0 Å². The number of ether oxygens (including phenoxy) is 1. The number of carbonyl (C=O) groups excluding carboxylic acids is 1. The van der Waals surface area contributed by atoms with Crippen molar-refractivity contribution in [3.8, 4) is 0 Å². The van der Waals surface area contributed by atoms with Crippen molar-refractivity contribution in [2.45, 2.75) is 18.7 Å². The maximum absolute atomic E-state index is 13.5. The quantitative estimate of drug-likeness (QED) is 0.245. The molecule has 0 radical (unpaired) electrons. The number of nitro groups is 1. The molecule has 3 aromatic rings. The Morgan fingerprint density at radius 2 is 1.74 bits per heavy atom. The van der Waals surface area contributed by atoms with Gasteiger partial charge in [0.05, 0.1) is 34.9 Å². The summed E-state index contributed by atoms with van der Waals surface area (Å²) in [4.78, 5) is 25.9. The van der Waals surface area contributed by atoms with Gasteiger partial charge in [-0.3, -0.25) is 19.2 Å². The van der Waals surface area contributed by atoms with Crippen LogP contribution in [0.1, 0.15) is 16.7 Å². The van der Waals surface area contributed by atoms with Crippen LogP contribution in [0.2, 0.25) is 0 Å². The highest BCUT2D eigenvalue weighted by Gasteiger charge is 2.27. The average Bonchev–Trinajstić information content (AvgIpc) is 2.92. The summed E-state index contributed by atoms with van der Waals surface area (Å²) in [6.45, 7) is 5.42. The van der Waals surface area contributed by atoms with Crippen LogP contribution in [0.15, 0.2) is 76.7 Å². The van der Waals surface area contributed by atoms with Gasteiger partial charge in [0.25, 0.3) is 21.6 Å². The standard InChI is InChI=1S/C27H29N5O6S/c1-20-14-21(2)16-24(15-20)31(39(36,37)25-6-4-3-5-7-25)19-27(33)29-28-18-22-17-23(32(34)35)8-9-26(22)30-10-12-38-13-11-30/h3-9,14-18H,10-13,19H2,1-2H3,(H,29,33)/b28-18-. The molecule has 0 aromatic heterocycles. The molecule has 204 valence electrons. The smallest absolute Gasteiger partial charge is 0.270 e.